The third kappa shape index (κ3) is 1.72. The number of nitrogens with one attached hydrogen (secondary N) is 2. The Kier molecular flexibility index (Phi) is 2.32. The number of benzene rings is 1. The fraction of sp³-hybridized carbons (Fsp3) is 0.100. The molecule has 1 aliphatic rings. The molecular weight excluding hydrogens is 210 g/mol. The molecule has 0 aromatic heterocycles. The van der Waals surface area contributed by atoms with Gasteiger partial charge in [-0.15, -0.1) is 0 Å². The van der Waals surface area contributed by atoms with Crippen molar-refractivity contribution in [1.82, 2.24) is 10.6 Å². The van der Waals surface area contributed by atoms with Crippen LogP contribution >= 0.6 is 0 Å². The van der Waals surface area contributed by atoms with Gasteiger partial charge in [0.2, 0.25) is 11.8 Å². The van der Waals surface area contributed by atoms with Gasteiger partial charge in [0.05, 0.1) is 0 Å². The first kappa shape index (κ1) is 10.2. The molecule has 2 rings (SSSR count). The molecule has 0 spiro atoms. The van der Waals surface area contributed by atoms with Gasteiger partial charge in [-0.05, 0) is 17.7 Å². The van der Waals surface area contributed by atoms with Gasteiger partial charge < -0.3 is 5.73 Å². The lowest BCUT2D eigenvalue weighted by Gasteiger charge is -2.20. The number of carbonyl (C=O) groups excluding carboxylic acids is 3. The van der Waals surface area contributed by atoms with E-state index in [4.69, 9.17) is 5.73 Å². The normalized spacial score (nSPS) is 16.9. The van der Waals surface area contributed by atoms with Crippen molar-refractivity contribution in [2.75, 3.05) is 5.73 Å². The third-order valence-electron chi connectivity index (χ3n) is 2.27. The molecule has 4 amide bonds. The zero-order valence-electron chi connectivity index (χ0n) is 8.19. The van der Waals surface area contributed by atoms with Crippen molar-refractivity contribution in [2.45, 2.75) is 5.92 Å². The van der Waals surface area contributed by atoms with E-state index in [1.807, 2.05) is 10.6 Å². The molecule has 0 aliphatic carbocycles. The average molecular weight is 219 g/mol. The van der Waals surface area contributed by atoms with Crippen LogP contribution in [0.4, 0.5) is 10.5 Å². The number of barbiturate groups is 1. The van der Waals surface area contributed by atoms with Crippen LogP contribution in [-0.2, 0) is 9.59 Å². The number of urea groups is 1. The largest absolute Gasteiger partial charge is 0.399 e. The molecule has 1 fully saturated rings. The second-order valence-corrected chi connectivity index (χ2v) is 3.41. The van der Waals surface area contributed by atoms with Crippen molar-refractivity contribution in [3.8, 4) is 0 Å². The minimum Gasteiger partial charge on any atom is -0.399 e. The van der Waals surface area contributed by atoms with Crippen molar-refractivity contribution >= 4 is 23.5 Å². The van der Waals surface area contributed by atoms with E-state index in [0.717, 1.165) is 0 Å². The van der Waals surface area contributed by atoms with E-state index in [-0.39, 0.29) is 0 Å². The lowest BCUT2D eigenvalue weighted by molar-refractivity contribution is -0.132. The molecule has 0 atom stereocenters. The Morgan fingerprint density at radius 3 is 1.94 bits per heavy atom. The fourth-order valence-corrected chi connectivity index (χ4v) is 1.51. The zero-order valence-corrected chi connectivity index (χ0v) is 8.19. The molecule has 16 heavy (non-hydrogen) atoms. The zero-order chi connectivity index (χ0) is 11.7. The number of hydrogen-bond acceptors (Lipinski definition) is 4. The van der Waals surface area contributed by atoms with Crippen LogP contribution in [0.1, 0.15) is 11.5 Å². The summed E-state index contributed by atoms with van der Waals surface area (Å²) in [6.07, 6.45) is 0. The summed E-state index contributed by atoms with van der Waals surface area (Å²) in [5.41, 5.74) is 6.53. The van der Waals surface area contributed by atoms with Gasteiger partial charge in [-0.25, -0.2) is 4.79 Å². The van der Waals surface area contributed by atoms with Gasteiger partial charge in [0, 0.05) is 5.69 Å². The second-order valence-electron chi connectivity index (χ2n) is 3.41. The van der Waals surface area contributed by atoms with Crippen molar-refractivity contribution in [2.24, 2.45) is 0 Å². The fourth-order valence-electron chi connectivity index (χ4n) is 1.51. The number of nitrogens with two attached hydrogens (primary N) is 1. The molecule has 0 bridgehead atoms. The Morgan fingerprint density at radius 2 is 1.44 bits per heavy atom. The van der Waals surface area contributed by atoms with E-state index in [1.165, 1.54) is 0 Å². The molecule has 0 radical (unpaired) electrons. The van der Waals surface area contributed by atoms with E-state index in [9.17, 15) is 14.4 Å². The van der Waals surface area contributed by atoms with Crippen LogP contribution in [0, 0.1) is 0 Å². The van der Waals surface area contributed by atoms with Gasteiger partial charge >= 0.3 is 6.03 Å². The van der Waals surface area contributed by atoms with Crippen LogP contribution in [0.15, 0.2) is 24.3 Å². The molecule has 1 aliphatic heterocycles. The topological polar surface area (TPSA) is 101 Å². The van der Waals surface area contributed by atoms with Gasteiger partial charge in [-0.2, -0.15) is 0 Å². The van der Waals surface area contributed by atoms with E-state index in [0.29, 0.717) is 11.3 Å². The van der Waals surface area contributed by atoms with Crippen molar-refractivity contribution in [3.63, 3.8) is 0 Å². The minimum absolute atomic E-state index is 0.497. The average Bonchev–Trinajstić information content (AvgIpc) is 2.19. The predicted octanol–water partition coefficient (Wildman–Crippen LogP) is -0.282. The second kappa shape index (κ2) is 3.65. The monoisotopic (exact) mass is 219 g/mol. The third-order valence-corrected chi connectivity index (χ3v) is 2.27. The highest BCUT2D eigenvalue weighted by Gasteiger charge is 2.35. The highest BCUT2D eigenvalue weighted by molar-refractivity contribution is 6.19. The molecule has 1 aromatic carbocycles. The van der Waals surface area contributed by atoms with Crippen LogP contribution in [0.25, 0.3) is 0 Å². The van der Waals surface area contributed by atoms with Crippen LogP contribution in [0.5, 0.6) is 0 Å². The number of rotatable bonds is 1. The highest BCUT2D eigenvalue weighted by Crippen LogP contribution is 2.19. The Hall–Kier alpha value is -2.37. The maximum atomic E-state index is 11.5. The van der Waals surface area contributed by atoms with Crippen LogP contribution in [0.3, 0.4) is 0 Å². The summed E-state index contributed by atoms with van der Waals surface area (Å²) in [4.78, 5) is 33.8. The number of anilines is 1. The molecule has 0 unspecified atom stereocenters. The van der Waals surface area contributed by atoms with Crippen molar-refractivity contribution in [3.05, 3.63) is 29.8 Å². The Balaban J connectivity index is 2.32. The lowest BCUT2D eigenvalue weighted by atomic mass is 9.96. The lowest BCUT2D eigenvalue weighted by Crippen LogP contribution is -2.54. The SMILES string of the molecule is Nc1ccc(C2C(=O)NC(=O)NC2=O)cc1. The molecule has 6 nitrogen and oxygen atoms in total. The first-order chi connectivity index (χ1) is 7.58. The first-order valence-electron chi connectivity index (χ1n) is 4.59. The summed E-state index contributed by atoms with van der Waals surface area (Å²) in [5, 5.41) is 4.06. The van der Waals surface area contributed by atoms with Crippen molar-refractivity contribution < 1.29 is 14.4 Å². The molecule has 0 saturated carbocycles. The highest BCUT2D eigenvalue weighted by atomic mass is 16.2. The number of imide groups is 2. The summed E-state index contributed by atoms with van der Waals surface area (Å²) in [7, 11) is 0. The van der Waals surface area contributed by atoms with E-state index in [1.54, 1.807) is 24.3 Å². The maximum absolute atomic E-state index is 11.5. The molecule has 1 saturated heterocycles. The summed E-state index contributed by atoms with van der Waals surface area (Å²) in [5.74, 6) is -2.25. The van der Waals surface area contributed by atoms with Gasteiger partial charge in [0.1, 0.15) is 5.92 Å². The maximum Gasteiger partial charge on any atom is 0.328 e. The number of hydrogen-bond donors (Lipinski definition) is 3. The van der Waals surface area contributed by atoms with Gasteiger partial charge in [0.25, 0.3) is 0 Å². The quantitative estimate of drug-likeness (QED) is 0.446. The van der Waals surface area contributed by atoms with Gasteiger partial charge in [-0.3, -0.25) is 20.2 Å². The molecule has 6 heteroatoms. The van der Waals surface area contributed by atoms with E-state index < -0.39 is 23.8 Å². The smallest absolute Gasteiger partial charge is 0.328 e. The predicted molar refractivity (Wildman–Crippen MR) is 55.3 cm³/mol. The first-order valence-corrected chi connectivity index (χ1v) is 4.59. The number of nitrogen functional groups attached to an aromatic ring is 1. The van der Waals surface area contributed by atoms with Crippen molar-refractivity contribution in [1.29, 1.82) is 0 Å². The Bertz CT molecular complexity index is 447. The standard InChI is InChI=1S/C10H9N3O3/c11-6-3-1-5(2-4-6)7-8(14)12-10(16)13-9(7)15/h1-4,7H,11H2,(H2,12,13,14,15,16). The molecule has 4 N–H and O–H groups in total. The Labute approximate surface area is 90.8 Å². The Morgan fingerprint density at radius 1 is 0.938 bits per heavy atom. The number of amides is 4. The van der Waals surface area contributed by atoms with Crippen LogP contribution in [0.2, 0.25) is 0 Å². The molecule has 1 aromatic rings. The van der Waals surface area contributed by atoms with E-state index >= 15 is 0 Å². The summed E-state index contributed by atoms with van der Waals surface area (Å²) < 4.78 is 0. The van der Waals surface area contributed by atoms with Crippen LogP contribution in [-0.4, -0.2) is 17.8 Å². The molecule has 82 valence electrons. The number of carbonyl (C=O) groups is 3. The minimum atomic E-state index is -1.00. The molecule has 1 heterocycles. The van der Waals surface area contributed by atoms with Gasteiger partial charge in [-0.1, -0.05) is 12.1 Å². The van der Waals surface area contributed by atoms with Crippen LogP contribution < -0.4 is 16.4 Å². The molecular formula is C10H9N3O3. The summed E-state index contributed by atoms with van der Waals surface area (Å²) in [6.45, 7) is 0. The summed E-state index contributed by atoms with van der Waals surface area (Å²) in [6, 6.07) is 5.55. The van der Waals surface area contributed by atoms with Gasteiger partial charge in [0.15, 0.2) is 0 Å². The summed E-state index contributed by atoms with van der Waals surface area (Å²) >= 11 is 0. The van der Waals surface area contributed by atoms with E-state index in [2.05, 4.69) is 0 Å².